The summed E-state index contributed by atoms with van der Waals surface area (Å²) in [5.74, 6) is 0. The molecule has 1 atom stereocenters. The van der Waals surface area contributed by atoms with Gasteiger partial charge in [-0.1, -0.05) is 37.3 Å². The zero-order valence-corrected chi connectivity index (χ0v) is 11.8. The maximum absolute atomic E-state index is 10.7. The van der Waals surface area contributed by atoms with Crippen LogP contribution in [0.3, 0.4) is 0 Å². The molecule has 18 heavy (non-hydrogen) atoms. The van der Waals surface area contributed by atoms with E-state index >= 15 is 0 Å². The van der Waals surface area contributed by atoms with Gasteiger partial charge in [0.1, 0.15) is 5.60 Å². The van der Waals surface area contributed by atoms with Crippen LogP contribution in [0.2, 0.25) is 0 Å². The number of nitrogens with two attached hydrogens (primary N) is 1. The first-order chi connectivity index (χ1) is 8.53. The highest BCUT2D eigenvalue weighted by atomic mass is 16.3. The van der Waals surface area contributed by atoms with Gasteiger partial charge in [0.05, 0.1) is 0 Å². The number of benzene rings is 1. The van der Waals surface area contributed by atoms with E-state index in [0.717, 1.165) is 18.7 Å². The Bertz CT molecular complexity index is 340. The molecule has 1 rings (SSSR count). The van der Waals surface area contributed by atoms with Crippen LogP contribution in [0, 0.1) is 0 Å². The molecule has 0 radical (unpaired) electrons. The van der Waals surface area contributed by atoms with Gasteiger partial charge in [0, 0.05) is 19.1 Å². The highest BCUT2D eigenvalue weighted by Crippen LogP contribution is 2.24. The molecular weight excluding hydrogens is 224 g/mol. The zero-order chi connectivity index (χ0) is 13.6. The summed E-state index contributed by atoms with van der Waals surface area (Å²) < 4.78 is 0. The lowest BCUT2D eigenvalue weighted by Gasteiger charge is -2.32. The lowest BCUT2D eigenvalue weighted by atomic mass is 9.90. The highest BCUT2D eigenvalue weighted by Gasteiger charge is 2.28. The smallest absolute Gasteiger partial charge is 0.103 e. The number of hydrogen-bond donors (Lipinski definition) is 2. The molecule has 3 N–H and O–H groups in total. The van der Waals surface area contributed by atoms with Crippen molar-refractivity contribution in [3.8, 4) is 0 Å². The largest absolute Gasteiger partial charge is 0.384 e. The molecule has 0 aliphatic rings. The molecule has 0 bridgehead atoms. The third-order valence-corrected chi connectivity index (χ3v) is 3.60. The second-order valence-corrected chi connectivity index (χ2v) is 5.07. The summed E-state index contributed by atoms with van der Waals surface area (Å²) in [6.07, 6.45) is 0.666. The van der Waals surface area contributed by atoms with Crippen LogP contribution in [-0.2, 0) is 5.60 Å². The molecular formula is C15H26N2O. The first-order valence-corrected chi connectivity index (χ1v) is 6.75. The first-order valence-electron chi connectivity index (χ1n) is 6.75. The molecule has 1 aromatic carbocycles. The molecule has 0 fully saturated rings. The fourth-order valence-electron chi connectivity index (χ4n) is 2.22. The van der Waals surface area contributed by atoms with Crippen molar-refractivity contribution in [3.05, 3.63) is 35.9 Å². The monoisotopic (exact) mass is 250 g/mol. The Morgan fingerprint density at radius 3 is 2.33 bits per heavy atom. The van der Waals surface area contributed by atoms with Crippen LogP contribution < -0.4 is 5.73 Å². The predicted molar refractivity (Wildman–Crippen MR) is 76.4 cm³/mol. The molecule has 1 aromatic rings. The standard InChI is InChI=1S/C15H26N2O/c1-4-17(13(2)3)11-10-15(18,12-16)14-8-6-5-7-9-14/h5-9,13,18H,4,10-12,16H2,1-3H3. The van der Waals surface area contributed by atoms with Crippen LogP contribution in [0.25, 0.3) is 0 Å². The summed E-state index contributed by atoms with van der Waals surface area (Å²) in [5, 5.41) is 10.7. The summed E-state index contributed by atoms with van der Waals surface area (Å²) in [5.41, 5.74) is 5.77. The van der Waals surface area contributed by atoms with Crippen LogP contribution in [0.15, 0.2) is 30.3 Å². The second kappa shape index (κ2) is 6.88. The van der Waals surface area contributed by atoms with Crippen molar-refractivity contribution in [2.75, 3.05) is 19.6 Å². The molecule has 0 saturated heterocycles. The van der Waals surface area contributed by atoms with E-state index < -0.39 is 5.60 Å². The Morgan fingerprint density at radius 1 is 1.28 bits per heavy atom. The fraction of sp³-hybridized carbons (Fsp3) is 0.600. The van der Waals surface area contributed by atoms with Gasteiger partial charge in [0.2, 0.25) is 0 Å². The van der Waals surface area contributed by atoms with Crippen LogP contribution in [0.4, 0.5) is 0 Å². The van der Waals surface area contributed by atoms with Gasteiger partial charge >= 0.3 is 0 Å². The molecule has 102 valence electrons. The van der Waals surface area contributed by atoms with Crippen molar-refractivity contribution in [2.45, 2.75) is 38.8 Å². The summed E-state index contributed by atoms with van der Waals surface area (Å²) in [7, 11) is 0. The van der Waals surface area contributed by atoms with Crippen LogP contribution >= 0.6 is 0 Å². The number of hydrogen-bond acceptors (Lipinski definition) is 3. The molecule has 1 unspecified atom stereocenters. The maximum Gasteiger partial charge on any atom is 0.103 e. The third kappa shape index (κ3) is 3.80. The van der Waals surface area contributed by atoms with E-state index in [4.69, 9.17) is 5.73 Å². The van der Waals surface area contributed by atoms with Crippen LogP contribution in [0.1, 0.15) is 32.8 Å². The fourth-order valence-corrected chi connectivity index (χ4v) is 2.22. The van der Waals surface area contributed by atoms with Gasteiger partial charge in [-0.2, -0.15) is 0 Å². The van der Waals surface area contributed by atoms with E-state index in [2.05, 4.69) is 25.7 Å². The topological polar surface area (TPSA) is 49.5 Å². The Kier molecular flexibility index (Phi) is 5.79. The quantitative estimate of drug-likeness (QED) is 0.777. The van der Waals surface area contributed by atoms with E-state index in [-0.39, 0.29) is 6.54 Å². The summed E-state index contributed by atoms with van der Waals surface area (Å²) >= 11 is 0. The minimum atomic E-state index is -0.913. The maximum atomic E-state index is 10.7. The third-order valence-electron chi connectivity index (χ3n) is 3.60. The van der Waals surface area contributed by atoms with Crippen LogP contribution in [-0.4, -0.2) is 35.7 Å². The van der Waals surface area contributed by atoms with Gasteiger partial charge in [0.25, 0.3) is 0 Å². The van der Waals surface area contributed by atoms with E-state index in [1.165, 1.54) is 0 Å². The minimum Gasteiger partial charge on any atom is -0.384 e. The van der Waals surface area contributed by atoms with E-state index in [1.54, 1.807) is 0 Å². The van der Waals surface area contributed by atoms with Gasteiger partial charge in [-0.05, 0) is 32.4 Å². The molecule has 0 spiro atoms. The normalized spacial score (nSPS) is 15.1. The lowest BCUT2D eigenvalue weighted by Crippen LogP contribution is -2.40. The minimum absolute atomic E-state index is 0.257. The van der Waals surface area contributed by atoms with Crippen molar-refractivity contribution in [1.29, 1.82) is 0 Å². The molecule has 3 nitrogen and oxygen atoms in total. The number of aliphatic hydroxyl groups is 1. The van der Waals surface area contributed by atoms with E-state index in [9.17, 15) is 5.11 Å². The molecule has 0 aliphatic heterocycles. The first kappa shape index (κ1) is 15.2. The van der Waals surface area contributed by atoms with Crippen molar-refractivity contribution in [2.24, 2.45) is 5.73 Å². The summed E-state index contributed by atoms with van der Waals surface area (Å²) in [6, 6.07) is 10.2. The Labute approximate surface area is 111 Å². The molecule has 0 aromatic heterocycles. The van der Waals surface area contributed by atoms with E-state index in [1.807, 2.05) is 30.3 Å². The lowest BCUT2D eigenvalue weighted by molar-refractivity contribution is 0.0231. The average Bonchev–Trinajstić information content (AvgIpc) is 2.39. The van der Waals surface area contributed by atoms with E-state index in [0.29, 0.717) is 12.5 Å². The molecule has 0 aliphatic carbocycles. The summed E-state index contributed by atoms with van der Waals surface area (Å²) in [6.45, 7) is 8.60. The average molecular weight is 250 g/mol. The summed E-state index contributed by atoms with van der Waals surface area (Å²) in [4.78, 5) is 2.34. The number of rotatable bonds is 7. The second-order valence-electron chi connectivity index (χ2n) is 5.07. The zero-order valence-electron chi connectivity index (χ0n) is 11.8. The molecule has 0 heterocycles. The Balaban J connectivity index is 2.72. The van der Waals surface area contributed by atoms with Gasteiger partial charge in [-0.3, -0.25) is 0 Å². The SMILES string of the molecule is CCN(CCC(O)(CN)c1ccccc1)C(C)C. The molecule has 0 saturated carbocycles. The van der Waals surface area contributed by atoms with Crippen LogP contribution in [0.5, 0.6) is 0 Å². The predicted octanol–water partition coefficient (Wildman–Crippen LogP) is 1.95. The molecule has 3 heteroatoms. The Morgan fingerprint density at radius 2 is 1.89 bits per heavy atom. The number of nitrogens with zero attached hydrogens (tertiary/aromatic N) is 1. The van der Waals surface area contributed by atoms with Crippen molar-refractivity contribution in [1.82, 2.24) is 4.90 Å². The van der Waals surface area contributed by atoms with Gasteiger partial charge in [-0.25, -0.2) is 0 Å². The van der Waals surface area contributed by atoms with Crippen molar-refractivity contribution >= 4 is 0 Å². The Hall–Kier alpha value is -0.900. The van der Waals surface area contributed by atoms with Gasteiger partial charge in [0.15, 0.2) is 0 Å². The van der Waals surface area contributed by atoms with Gasteiger partial charge < -0.3 is 15.7 Å². The van der Waals surface area contributed by atoms with Crippen molar-refractivity contribution in [3.63, 3.8) is 0 Å². The molecule has 0 amide bonds. The van der Waals surface area contributed by atoms with Crippen molar-refractivity contribution < 1.29 is 5.11 Å². The highest BCUT2D eigenvalue weighted by molar-refractivity contribution is 5.22. The van der Waals surface area contributed by atoms with Gasteiger partial charge in [-0.15, -0.1) is 0 Å².